The minimum Gasteiger partial charge on any atom is -0.398 e. The third-order valence-corrected chi connectivity index (χ3v) is 5.25. The first kappa shape index (κ1) is 14.4. The van der Waals surface area contributed by atoms with E-state index in [-0.39, 0.29) is 0 Å². The van der Waals surface area contributed by atoms with Gasteiger partial charge < -0.3 is 5.73 Å². The molecule has 5 nitrogen and oxygen atoms in total. The van der Waals surface area contributed by atoms with Gasteiger partial charge in [0, 0.05) is 22.7 Å². The molecule has 0 saturated carbocycles. The number of halogens is 1. The molecule has 2 aliphatic rings. The number of H-pyrrole nitrogens is 1. The number of hydrogen-bond acceptors (Lipinski definition) is 4. The summed E-state index contributed by atoms with van der Waals surface area (Å²) in [6.07, 6.45) is 0.666. The Balaban J connectivity index is 1.74. The third kappa shape index (κ3) is 1.93. The van der Waals surface area contributed by atoms with E-state index in [4.69, 9.17) is 17.3 Å². The van der Waals surface area contributed by atoms with Gasteiger partial charge >= 0.3 is 0 Å². The van der Waals surface area contributed by atoms with Crippen LogP contribution in [0.15, 0.2) is 42.0 Å². The maximum Gasteiger partial charge on any atom is 0.152 e. The van der Waals surface area contributed by atoms with Gasteiger partial charge in [0.1, 0.15) is 0 Å². The van der Waals surface area contributed by atoms with Crippen LogP contribution in [0.2, 0.25) is 5.02 Å². The van der Waals surface area contributed by atoms with Gasteiger partial charge in [0.05, 0.1) is 0 Å². The largest absolute Gasteiger partial charge is 0.398 e. The number of allylic oxidation sites excluding steroid dienone is 3. The Kier molecular flexibility index (Phi) is 2.91. The molecule has 1 aromatic heterocycles. The van der Waals surface area contributed by atoms with Gasteiger partial charge in [-0.1, -0.05) is 29.8 Å². The van der Waals surface area contributed by atoms with E-state index in [9.17, 15) is 0 Å². The number of tetrazole rings is 1. The van der Waals surface area contributed by atoms with Gasteiger partial charge in [-0.3, -0.25) is 0 Å². The van der Waals surface area contributed by atoms with Gasteiger partial charge in [-0.25, -0.2) is 5.10 Å². The lowest BCUT2D eigenvalue weighted by Crippen LogP contribution is -2.03. The average Bonchev–Trinajstić information content (AvgIpc) is 3.26. The van der Waals surface area contributed by atoms with Crippen molar-refractivity contribution in [2.24, 2.45) is 0 Å². The highest BCUT2D eigenvalue weighted by Crippen LogP contribution is 2.57. The van der Waals surface area contributed by atoms with Gasteiger partial charge in [0.25, 0.3) is 0 Å². The van der Waals surface area contributed by atoms with Crippen LogP contribution in [0, 0.1) is 0 Å². The second-order valence-electron chi connectivity index (χ2n) is 6.34. The summed E-state index contributed by atoms with van der Waals surface area (Å²) in [6.45, 7) is 2.16. The molecular formula is C19H14ClN5. The summed E-state index contributed by atoms with van der Waals surface area (Å²) in [6, 6.07) is 12.0. The summed E-state index contributed by atoms with van der Waals surface area (Å²) < 4.78 is 0. The number of aromatic nitrogens is 4. The van der Waals surface area contributed by atoms with Crippen molar-refractivity contribution in [2.75, 3.05) is 5.73 Å². The Labute approximate surface area is 149 Å². The summed E-state index contributed by atoms with van der Waals surface area (Å²) in [7, 11) is 0. The molecule has 0 aliphatic heterocycles. The maximum absolute atomic E-state index is 6.37. The topological polar surface area (TPSA) is 80.5 Å². The fraction of sp³-hybridized carbons (Fsp3) is 0.105. The van der Waals surface area contributed by atoms with Crippen LogP contribution in [-0.4, -0.2) is 20.6 Å². The van der Waals surface area contributed by atoms with Crippen LogP contribution < -0.4 is 5.73 Å². The molecule has 2 aromatic carbocycles. The minimum absolute atomic E-state index is 0.666. The lowest BCUT2D eigenvalue weighted by molar-refractivity contribution is 0.881. The molecule has 0 saturated heterocycles. The van der Waals surface area contributed by atoms with E-state index in [1.54, 1.807) is 0 Å². The van der Waals surface area contributed by atoms with E-state index in [2.05, 4.69) is 45.7 Å². The predicted octanol–water partition coefficient (Wildman–Crippen LogP) is 3.74. The zero-order valence-corrected chi connectivity index (χ0v) is 14.2. The van der Waals surface area contributed by atoms with E-state index < -0.39 is 0 Å². The van der Waals surface area contributed by atoms with Gasteiger partial charge in [-0.05, 0) is 74.5 Å². The number of hydrogen-bond donors (Lipinski definition) is 2. The van der Waals surface area contributed by atoms with Crippen LogP contribution in [0.5, 0.6) is 0 Å². The van der Waals surface area contributed by atoms with E-state index in [1.807, 2.05) is 18.2 Å². The maximum atomic E-state index is 6.37. The molecule has 25 heavy (non-hydrogen) atoms. The summed E-state index contributed by atoms with van der Waals surface area (Å²) in [5, 5.41) is 15.0. The van der Waals surface area contributed by atoms with E-state index >= 15 is 0 Å². The number of nitrogens with one attached hydrogen (secondary N) is 1. The normalized spacial score (nSPS) is 14.8. The smallest absolute Gasteiger partial charge is 0.152 e. The number of rotatable bonds is 3. The number of benzene rings is 2. The van der Waals surface area contributed by atoms with Crippen molar-refractivity contribution < 1.29 is 0 Å². The molecule has 0 unspecified atom stereocenters. The fourth-order valence-electron chi connectivity index (χ4n) is 3.94. The average molecular weight is 348 g/mol. The fourth-order valence-corrected chi connectivity index (χ4v) is 4.07. The molecule has 0 amide bonds. The molecule has 0 radical (unpaired) electrons. The first-order valence-corrected chi connectivity index (χ1v) is 8.39. The van der Waals surface area contributed by atoms with E-state index in [0.29, 0.717) is 6.42 Å². The standard InChI is InChI=1S/C19H14ClN5/c1-9-13(8-15-22-24-25-23-15)18-12-6-7-14(21)19(18)17(16(9)12)10-2-4-11(20)5-3-10/h2-7H,8,21H2,1H3,(H,22,23,24,25). The number of nitrogen functional groups attached to an aromatic ring is 1. The Morgan fingerprint density at radius 2 is 1.84 bits per heavy atom. The molecular weight excluding hydrogens is 334 g/mol. The molecule has 1 heterocycles. The lowest BCUT2D eigenvalue weighted by atomic mass is 9.86. The van der Waals surface area contributed by atoms with Gasteiger partial charge in [0.15, 0.2) is 5.82 Å². The zero-order valence-electron chi connectivity index (χ0n) is 13.5. The molecule has 122 valence electrons. The monoisotopic (exact) mass is 347 g/mol. The highest BCUT2D eigenvalue weighted by atomic mass is 35.5. The number of anilines is 1. The Morgan fingerprint density at radius 3 is 2.56 bits per heavy atom. The summed E-state index contributed by atoms with van der Waals surface area (Å²) >= 11 is 6.06. The third-order valence-electron chi connectivity index (χ3n) is 5.00. The summed E-state index contributed by atoms with van der Waals surface area (Å²) in [5.41, 5.74) is 16.8. The van der Waals surface area contributed by atoms with Crippen LogP contribution >= 0.6 is 11.6 Å². The van der Waals surface area contributed by atoms with Gasteiger partial charge in [-0.15, -0.1) is 5.10 Å². The molecule has 0 atom stereocenters. The lowest BCUT2D eigenvalue weighted by Gasteiger charge is -2.18. The van der Waals surface area contributed by atoms with Crippen molar-refractivity contribution in [1.29, 1.82) is 0 Å². The van der Waals surface area contributed by atoms with E-state index in [0.717, 1.165) is 27.7 Å². The van der Waals surface area contributed by atoms with Crippen molar-refractivity contribution in [3.8, 4) is 0 Å². The second kappa shape index (κ2) is 5.04. The van der Waals surface area contributed by atoms with E-state index in [1.165, 1.54) is 33.4 Å². The molecule has 3 aromatic rings. The Bertz CT molecular complexity index is 1080. The van der Waals surface area contributed by atoms with Gasteiger partial charge in [-0.2, -0.15) is 0 Å². The van der Waals surface area contributed by atoms with Crippen LogP contribution in [0.3, 0.4) is 0 Å². The molecule has 2 aliphatic carbocycles. The molecule has 0 spiro atoms. The van der Waals surface area contributed by atoms with Crippen LogP contribution in [-0.2, 0) is 6.42 Å². The number of nitrogens with two attached hydrogens (primary N) is 1. The van der Waals surface area contributed by atoms with Crippen LogP contribution in [0.1, 0.15) is 35.0 Å². The van der Waals surface area contributed by atoms with Crippen LogP contribution in [0.4, 0.5) is 5.69 Å². The first-order valence-electron chi connectivity index (χ1n) is 8.01. The Morgan fingerprint density at radius 1 is 1.04 bits per heavy atom. The molecule has 6 heteroatoms. The Hall–Kier alpha value is -2.92. The molecule has 0 fully saturated rings. The molecule has 4 bridgehead atoms. The van der Waals surface area contributed by atoms with Crippen molar-refractivity contribution in [3.05, 3.63) is 75.1 Å². The number of nitrogens with zero attached hydrogens (tertiary/aromatic N) is 3. The van der Waals surface area contributed by atoms with Crippen molar-refractivity contribution in [2.45, 2.75) is 13.3 Å². The quantitative estimate of drug-likeness (QED) is 0.707. The number of aromatic amines is 1. The van der Waals surface area contributed by atoms with Crippen molar-refractivity contribution in [1.82, 2.24) is 20.6 Å². The SMILES string of the molecule is CC1=C(Cc2nnn[nH]2)c2c3ccc(N)c2C(c2ccc(Cl)cc2)=C13. The van der Waals surface area contributed by atoms with Crippen molar-refractivity contribution >= 4 is 34.0 Å². The van der Waals surface area contributed by atoms with Crippen LogP contribution in [0.25, 0.3) is 16.7 Å². The second-order valence-corrected chi connectivity index (χ2v) is 6.77. The molecule has 3 N–H and O–H groups in total. The zero-order chi connectivity index (χ0) is 17.1. The predicted molar refractivity (Wildman–Crippen MR) is 98.7 cm³/mol. The summed E-state index contributed by atoms with van der Waals surface area (Å²) in [5.74, 6) is 0.755. The first-order chi connectivity index (χ1) is 12.1. The minimum atomic E-state index is 0.666. The van der Waals surface area contributed by atoms with Gasteiger partial charge in [0.2, 0.25) is 0 Å². The van der Waals surface area contributed by atoms with Crippen molar-refractivity contribution in [3.63, 3.8) is 0 Å². The highest BCUT2D eigenvalue weighted by molar-refractivity contribution is 6.30. The summed E-state index contributed by atoms with van der Waals surface area (Å²) in [4.78, 5) is 0. The molecule has 5 rings (SSSR count). The highest BCUT2D eigenvalue weighted by Gasteiger charge is 2.37.